The summed E-state index contributed by atoms with van der Waals surface area (Å²) in [7, 11) is 0. The van der Waals surface area contributed by atoms with Crippen LogP contribution in [0.5, 0.6) is 0 Å². The maximum absolute atomic E-state index is 12.4. The highest BCUT2D eigenvalue weighted by Crippen LogP contribution is 2.23. The Bertz CT molecular complexity index is 816. The lowest BCUT2D eigenvalue weighted by atomic mass is 9.94. The van der Waals surface area contributed by atoms with Crippen LogP contribution in [0.25, 0.3) is 0 Å². The van der Waals surface area contributed by atoms with E-state index in [0.717, 1.165) is 31.9 Å². The highest BCUT2D eigenvalue weighted by atomic mass is 79.9. The van der Waals surface area contributed by atoms with Crippen LogP contribution in [0.2, 0.25) is 0 Å². The Morgan fingerprint density at radius 1 is 1.00 bits per heavy atom. The number of carbonyl (C=O) groups excluding carboxylic acids is 2. The topological polar surface area (TPSA) is 65.8 Å². The molecule has 0 unspecified atom stereocenters. The van der Waals surface area contributed by atoms with Crippen molar-refractivity contribution >= 4 is 39.1 Å². The van der Waals surface area contributed by atoms with E-state index in [0.29, 0.717) is 10.4 Å². The maximum atomic E-state index is 12.4. The lowest BCUT2D eigenvalue weighted by Gasteiger charge is -2.38. The molecule has 2 amide bonds. The summed E-state index contributed by atoms with van der Waals surface area (Å²) < 4.78 is 5.77. The van der Waals surface area contributed by atoms with Gasteiger partial charge in [0.1, 0.15) is 0 Å². The molecule has 0 aliphatic carbocycles. The Balaban J connectivity index is 1.57. The largest absolute Gasteiger partial charge is 0.444 e. The molecule has 6 nitrogen and oxygen atoms in total. The van der Waals surface area contributed by atoms with E-state index in [-0.39, 0.29) is 23.0 Å². The van der Waals surface area contributed by atoms with Gasteiger partial charge in [-0.2, -0.15) is 0 Å². The lowest BCUT2D eigenvalue weighted by molar-refractivity contribution is -0.139. The summed E-state index contributed by atoms with van der Waals surface area (Å²) in [5.74, 6) is 0.165. The number of hydrogen-bond donors (Lipinski definition) is 1. The van der Waals surface area contributed by atoms with Gasteiger partial charge < -0.3 is 19.5 Å². The summed E-state index contributed by atoms with van der Waals surface area (Å²) in [6.07, 6.45) is 0. The number of nitrogens with zero attached hydrogens (tertiary/aromatic N) is 2. The Hall–Kier alpha value is -2.28. The summed E-state index contributed by atoms with van der Waals surface area (Å²) in [5.41, 5.74) is 1.44. The predicted octanol–water partition coefficient (Wildman–Crippen LogP) is 3.99. The zero-order valence-corrected chi connectivity index (χ0v) is 17.4. The van der Waals surface area contributed by atoms with Gasteiger partial charge in [-0.05, 0) is 52.3 Å². The fourth-order valence-corrected chi connectivity index (χ4v) is 3.33. The van der Waals surface area contributed by atoms with Gasteiger partial charge in [-0.1, -0.05) is 20.8 Å². The standard InChI is InChI=1S/C20H24BrN3O3/c1-20(2,3)19(26)24-12-10-23(11-13-24)15-6-4-14(5-7-15)22-18(25)16-8-9-17(21)27-16/h4-9H,10-13H2,1-3H3,(H,22,25). The van der Waals surface area contributed by atoms with Crippen LogP contribution < -0.4 is 10.2 Å². The second-order valence-electron chi connectivity index (χ2n) is 7.63. The monoisotopic (exact) mass is 433 g/mol. The molecule has 1 saturated heterocycles. The third-order valence-electron chi connectivity index (χ3n) is 4.50. The number of piperazine rings is 1. The molecule has 0 radical (unpaired) electrons. The minimum absolute atomic E-state index is 0.199. The molecule has 1 N–H and O–H groups in total. The second kappa shape index (κ2) is 7.76. The molecular formula is C20H24BrN3O3. The van der Waals surface area contributed by atoms with Crippen molar-refractivity contribution in [1.29, 1.82) is 0 Å². The molecule has 1 aliphatic heterocycles. The van der Waals surface area contributed by atoms with E-state index in [4.69, 9.17) is 4.42 Å². The van der Waals surface area contributed by atoms with E-state index < -0.39 is 0 Å². The quantitative estimate of drug-likeness (QED) is 0.794. The number of halogens is 1. The van der Waals surface area contributed by atoms with Crippen LogP contribution >= 0.6 is 15.9 Å². The highest BCUT2D eigenvalue weighted by Gasteiger charge is 2.29. The van der Waals surface area contributed by atoms with Crippen LogP contribution in [-0.4, -0.2) is 42.9 Å². The molecule has 0 bridgehead atoms. The minimum Gasteiger partial charge on any atom is -0.444 e. The van der Waals surface area contributed by atoms with Gasteiger partial charge in [-0.25, -0.2) is 0 Å². The van der Waals surface area contributed by atoms with Crippen LogP contribution in [0.3, 0.4) is 0 Å². The summed E-state index contributed by atoms with van der Waals surface area (Å²) in [6.45, 7) is 8.91. The fourth-order valence-electron chi connectivity index (χ4n) is 3.03. The summed E-state index contributed by atoms with van der Waals surface area (Å²) >= 11 is 3.19. The van der Waals surface area contributed by atoms with Gasteiger partial charge >= 0.3 is 0 Å². The van der Waals surface area contributed by atoms with Crippen molar-refractivity contribution in [1.82, 2.24) is 4.90 Å². The van der Waals surface area contributed by atoms with Crippen molar-refractivity contribution in [3.05, 3.63) is 46.8 Å². The van der Waals surface area contributed by atoms with Crippen molar-refractivity contribution < 1.29 is 14.0 Å². The maximum Gasteiger partial charge on any atom is 0.291 e. The Labute approximate surface area is 167 Å². The van der Waals surface area contributed by atoms with Crippen LogP contribution in [0.4, 0.5) is 11.4 Å². The fraction of sp³-hybridized carbons (Fsp3) is 0.400. The molecule has 0 atom stereocenters. The third-order valence-corrected chi connectivity index (χ3v) is 4.92. The molecular weight excluding hydrogens is 410 g/mol. The molecule has 1 aromatic carbocycles. The molecule has 2 heterocycles. The average Bonchev–Trinajstić information content (AvgIpc) is 3.08. The van der Waals surface area contributed by atoms with Gasteiger partial charge in [0.05, 0.1) is 0 Å². The van der Waals surface area contributed by atoms with E-state index in [9.17, 15) is 9.59 Å². The van der Waals surface area contributed by atoms with E-state index in [1.807, 2.05) is 49.9 Å². The van der Waals surface area contributed by atoms with Gasteiger partial charge in [-0.15, -0.1) is 0 Å². The lowest BCUT2D eigenvalue weighted by Crippen LogP contribution is -2.51. The highest BCUT2D eigenvalue weighted by molar-refractivity contribution is 9.10. The molecule has 7 heteroatoms. The first-order chi connectivity index (χ1) is 12.7. The molecule has 27 heavy (non-hydrogen) atoms. The minimum atomic E-state index is -0.342. The van der Waals surface area contributed by atoms with E-state index >= 15 is 0 Å². The molecule has 1 aromatic heterocycles. The first-order valence-corrected chi connectivity index (χ1v) is 9.74. The zero-order valence-electron chi connectivity index (χ0n) is 15.8. The first kappa shape index (κ1) is 19.5. The van der Waals surface area contributed by atoms with E-state index in [2.05, 4.69) is 26.1 Å². The number of rotatable bonds is 3. The first-order valence-electron chi connectivity index (χ1n) is 8.95. The van der Waals surface area contributed by atoms with E-state index in [1.54, 1.807) is 12.1 Å². The van der Waals surface area contributed by atoms with Crippen LogP contribution in [0.15, 0.2) is 45.5 Å². The SMILES string of the molecule is CC(C)(C)C(=O)N1CCN(c2ccc(NC(=O)c3ccc(Br)o3)cc2)CC1. The Morgan fingerprint density at radius 2 is 1.63 bits per heavy atom. The third kappa shape index (κ3) is 4.71. The van der Waals surface area contributed by atoms with E-state index in [1.165, 1.54) is 0 Å². The smallest absolute Gasteiger partial charge is 0.291 e. The number of anilines is 2. The summed E-state index contributed by atoms with van der Waals surface area (Å²) in [4.78, 5) is 28.7. The second-order valence-corrected chi connectivity index (χ2v) is 8.42. The molecule has 3 rings (SSSR count). The van der Waals surface area contributed by atoms with Crippen molar-refractivity contribution in [3.8, 4) is 0 Å². The van der Waals surface area contributed by atoms with Crippen LogP contribution in [0.1, 0.15) is 31.3 Å². The average molecular weight is 434 g/mol. The number of carbonyl (C=O) groups is 2. The van der Waals surface area contributed by atoms with Gasteiger partial charge in [0, 0.05) is 43.0 Å². The number of furan rings is 1. The predicted molar refractivity (Wildman–Crippen MR) is 109 cm³/mol. The Morgan fingerprint density at radius 3 is 2.15 bits per heavy atom. The van der Waals surface area contributed by atoms with Gasteiger partial charge in [-0.3, -0.25) is 9.59 Å². The molecule has 1 aliphatic rings. The van der Waals surface area contributed by atoms with Crippen LogP contribution in [-0.2, 0) is 4.79 Å². The van der Waals surface area contributed by atoms with Gasteiger partial charge in [0.25, 0.3) is 5.91 Å². The number of hydrogen-bond acceptors (Lipinski definition) is 4. The normalized spacial score (nSPS) is 15.0. The van der Waals surface area contributed by atoms with Crippen molar-refractivity contribution in [3.63, 3.8) is 0 Å². The number of benzene rings is 1. The summed E-state index contributed by atoms with van der Waals surface area (Å²) in [5, 5.41) is 2.82. The molecule has 0 spiro atoms. The molecule has 1 fully saturated rings. The molecule has 2 aromatic rings. The molecule has 144 valence electrons. The molecule has 0 saturated carbocycles. The number of nitrogens with one attached hydrogen (secondary N) is 1. The van der Waals surface area contributed by atoms with Crippen LogP contribution in [0, 0.1) is 5.41 Å². The van der Waals surface area contributed by atoms with Gasteiger partial charge in [0.2, 0.25) is 5.91 Å². The van der Waals surface area contributed by atoms with Crippen molar-refractivity contribution in [2.24, 2.45) is 5.41 Å². The Kier molecular flexibility index (Phi) is 5.60. The summed E-state index contributed by atoms with van der Waals surface area (Å²) in [6, 6.07) is 11.0. The number of amides is 2. The van der Waals surface area contributed by atoms with Crippen molar-refractivity contribution in [2.75, 3.05) is 36.4 Å². The van der Waals surface area contributed by atoms with Gasteiger partial charge in [0.15, 0.2) is 10.4 Å². The zero-order chi connectivity index (χ0) is 19.6. The van der Waals surface area contributed by atoms with Crippen molar-refractivity contribution in [2.45, 2.75) is 20.8 Å².